The van der Waals surface area contributed by atoms with Gasteiger partial charge in [-0.3, -0.25) is 9.59 Å². The second-order valence-electron chi connectivity index (χ2n) is 6.94. The Morgan fingerprint density at radius 1 is 1.04 bits per heavy atom. The lowest BCUT2D eigenvalue weighted by atomic mass is 9.87. The van der Waals surface area contributed by atoms with Crippen molar-refractivity contribution in [1.29, 1.82) is 0 Å². The molecule has 0 aliphatic rings. The van der Waals surface area contributed by atoms with Crippen LogP contribution in [0, 0.1) is 11.8 Å². The molecule has 0 heterocycles. The van der Waals surface area contributed by atoms with Crippen LogP contribution in [0.1, 0.15) is 45.6 Å². The van der Waals surface area contributed by atoms with E-state index in [1.54, 1.807) is 0 Å². The summed E-state index contributed by atoms with van der Waals surface area (Å²) in [5, 5.41) is 14.2. The van der Waals surface area contributed by atoms with Crippen LogP contribution in [0.5, 0.6) is 0 Å². The Labute approximate surface area is 149 Å². The minimum atomic E-state index is -1.07. The molecule has 1 rings (SSSR count). The van der Waals surface area contributed by atoms with Crippen LogP contribution in [-0.2, 0) is 14.4 Å². The quantitative estimate of drug-likeness (QED) is 0.637. The first-order valence-electron chi connectivity index (χ1n) is 8.57. The molecule has 0 saturated heterocycles. The van der Waals surface area contributed by atoms with Gasteiger partial charge in [0.1, 0.15) is 6.04 Å². The minimum Gasteiger partial charge on any atom is -0.480 e. The maximum absolute atomic E-state index is 12.5. The van der Waals surface area contributed by atoms with Gasteiger partial charge in [0.05, 0.1) is 12.5 Å². The molecule has 1 aromatic carbocycles. The van der Waals surface area contributed by atoms with Crippen LogP contribution < -0.4 is 10.6 Å². The number of nitrogens with one attached hydrogen (secondary N) is 2. The molecule has 6 heteroatoms. The lowest BCUT2D eigenvalue weighted by molar-refractivity contribution is -0.142. The van der Waals surface area contributed by atoms with E-state index in [0.717, 1.165) is 5.56 Å². The van der Waals surface area contributed by atoms with Gasteiger partial charge in [-0.15, -0.1) is 0 Å². The van der Waals surface area contributed by atoms with Crippen molar-refractivity contribution in [2.45, 2.75) is 46.1 Å². The van der Waals surface area contributed by atoms with Gasteiger partial charge in [0.2, 0.25) is 11.8 Å². The molecule has 1 unspecified atom stereocenters. The Hall–Kier alpha value is -2.37. The number of hydrogen-bond donors (Lipinski definition) is 3. The van der Waals surface area contributed by atoms with Gasteiger partial charge in [0.15, 0.2) is 0 Å². The average molecular weight is 348 g/mol. The fraction of sp³-hybridized carbons (Fsp3) is 0.526. The van der Waals surface area contributed by atoms with E-state index in [0.29, 0.717) is 6.42 Å². The summed E-state index contributed by atoms with van der Waals surface area (Å²) in [6, 6.07) is 8.44. The van der Waals surface area contributed by atoms with Gasteiger partial charge in [-0.2, -0.15) is 0 Å². The van der Waals surface area contributed by atoms with Crippen LogP contribution in [0.15, 0.2) is 30.3 Å². The zero-order valence-corrected chi connectivity index (χ0v) is 15.3. The molecule has 0 saturated carbocycles. The maximum atomic E-state index is 12.5. The number of rotatable bonds is 9. The molecule has 0 fully saturated rings. The number of hydrogen-bond acceptors (Lipinski definition) is 3. The molecule has 0 spiro atoms. The van der Waals surface area contributed by atoms with Crippen molar-refractivity contribution in [1.82, 2.24) is 10.6 Å². The van der Waals surface area contributed by atoms with E-state index in [1.165, 1.54) is 0 Å². The van der Waals surface area contributed by atoms with Gasteiger partial charge >= 0.3 is 5.97 Å². The number of aliphatic carboxylic acids is 1. The summed E-state index contributed by atoms with van der Waals surface area (Å²) in [6.45, 7) is 7.42. The van der Waals surface area contributed by atoms with Crippen LogP contribution in [0.3, 0.4) is 0 Å². The standard InChI is InChI=1S/C19H28N2O4/c1-12(2)10-15(19(24)25)21-16(22)11-20-18(23)17(13(3)4)14-8-6-5-7-9-14/h5-9,12-13,15,17H,10-11H2,1-4H3,(H,20,23)(H,21,22)(H,24,25)/t15-,17?/m0/s1. The third-order valence-electron chi connectivity index (χ3n) is 3.87. The lowest BCUT2D eigenvalue weighted by Crippen LogP contribution is -2.46. The molecule has 25 heavy (non-hydrogen) atoms. The van der Waals surface area contributed by atoms with Gasteiger partial charge < -0.3 is 15.7 Å². The molecule has 2 atom stereocenters. The minimum absolute atomic E-state index is 0.0678. The largest absolute Gasteiger partial charge is 0.480 e. The highest BCUT2D eigenvalue weighted by Gasteiger charge is 2.25. The Kier molecular flexibility index (Phi) is 8.11. The highest BCUT2D eigenvalue weighted by Crippen LogP contribution is 2.24. The Morgan fingerprint density at radius 3 is 2.12 bits per heavy atom. The van der Waals surface area contributed by atoms with Gasteiger partial charge in [0.25, 0.3) is 0 Å². The summed E-state index contributed by atoms with van der Waals surface area (Å²) >= 11 is 0. The van der Waals surface area contributed by atoms with Gasteiger partial charge in [0, 0.05) is 0 Å². The normalized spacial score (nSPS) is 13.4. The molecule has 0 radical (unpaired) electrons. The van der Waals surface area contributed by atoms with Crippen molar-refractivity contribution in [3.63, 3.8) is 0 Å². The molecule has 2 amide bonds. The zero-order valence-electron chi connectivity index (χ0n) is 15.3. The summed E-state index contributed by atoms with van der Waals surface area (Å²) in [6.07, 6.45) is 0.341. The number of amides is 2. The number of carbonyl (C=O) groups is 3. The average Bonchev–Trinajstić information content (AvgIpc) is 2.52. The molecule has 138 valence electrons. The Balaban J connectivity index is 2.64. The SMILES string of the molecule is CC(C)C[C@H](NC(=O)CNC(=O)C(c1ccccc1)C(C)C)C(=O)O. The summed E-state index contributed by atoms with van der Waals surface area (Å²) in [5.74, 6) is -1.97. The number of carbonyl (C=O) groups excluding carboxylic acids is 2. The van der Waals surface area contributed by atoms with Crippen molar-refractivity contribution < 1.29 is 19.5 Å². The van der Waals surface area contributed by atoms with E-state index in [2.05, 4.69) is 10.6 Å². The Morgan fingerprint density at radius 2 is 1.64 bits per heavy atom. The van der Waals surface area contributed by atoms with E-state index in [4.69, 9.17) is 5.11 Å². The summed E-state index contributed by atoms with van der Waals surface area (Å²) < 4.78 is 0. The van der Waals surface area contributed by atoms with Crippen molar-refractivity contribution >= 4 is 17.8 Å². The predicted molar refractivity (Wildman–Crippen MR) is 96.1 cm³/mol. The fourth-order valence-corrected chi connectivity index (χ4v) is 2.71. The lowest BCUT2D eigenvalue weighted by Gasteiger charge is -2.21. The molecule has 0 bridgehead atoms. The first-order valence-corrected chi connectivity index (χ1v) is 8.57. The first kappa shape index (κ1) is 20.7. The third kappa shape index (κ3) is 6.95. The summed E-state index contributed by atoms with van der Waals surface area (Å²) in [7, 11) is 0. The summed E-state index contributed by atoms with van der Waals surface area (Å²) in [4.78, 5) is 35.7. The Bertz CT molecular complexity index is 584. The fourth-order valence-electron chi connectivity index (χ4n) is 2.71. The second-order valence-corrected chi connectivity index (χ2v) is 6.94. The van der Waals surface area contributed by atoms with E-state index in [9.17, 15) is 14.4 Å². The topological polar surface area (TPSA) is 95.5 Å². The molecule has 0 aliphatic heterocycles. The molecule has 0 aromatic heterocycles. The zero-order chi connectivity index (χ0) is 19.0. The molecular formula is C19H28N2O4. The van der Waals surface area contributed by atoms with Crippen molar-refractivity contribution in [3.8, 4) is 0 Å². The van der Waals surface area contributed by atoms with E-state index in [-0.39, 0.29) is 30.2 Å². The van der Waals surface area contributed by atoms with Crippen LogP contribution in [0.2, 0.25) is 0 Å². The van der Waals surface area contributed by atoms with Crippen LogP contribution in [-0.4, -0.2) is 35.5 Å². The number of benzene rings is 1. The highest BCUT2D eigenvalue weighted by molar-refractivity contribution is 5.90. The van der Waals surface area contributed by atoms with Crippen LogP contribution in [0.25, 0.3) is 0 Å². The molecule has 0 aliphatic carbocycles. The molecule has 1 aromatic rings. The number of carboxylic acid groups (broad SMARTS) is 1. The smallest absolute Gasteiger partial charge is 0.326 e. The van der Waals surface area contributed by atoms with Gasteiger partial charge in [-0.05, 0) is 23.8 Å². The molecule has 3 N–H and O–H groups in total. The summed E-state index contributed by atoms with van der Waals surface area (Å²) in [5.41, 5.74) is 0.888. The first-order chi connectivity index (χ1) is 11.7. The van der Waals surface area contributed by atoms with E-state index in [1.807, 2.05) is 58.0 Å². The van der Waals surface area contributed by atoms with Crippen LogP contribution >= 0.6 is 0 Å². The van der Waals surface area contributed by atoms with Crippen molar-refractivity contribution in [3.05, 3.63) is 35.9 Å². The van der Waals surface area contributed by atoms with Gasteiger partial charge in [-0.25, -0.2) is 4.79 Å². The van der Waals surface area contributed by atoms with E-state index < -0.39 is 17.9 Å². The number of carboxylic acids is 1. The van der Waals surface area contributed by atoms with Crippen molar-refractivity contribution in [2.24, 2.45) is 11.8 Å². The van der Waals surface area contributed by atoms with Gasteiger partial charge in [-0.1, -0.05) is 58.0 Å². The highest BCUT2D eigenvalue weighted by atomic mass is 16.4. The molecule has 6 nitrogen and oxygen atoms in total. The van der Waals surface area contributed by atoms with Crippen LogP contribution in [0.4, 0.5) is 0 Å². The van der Waals surface area contributed by atoms with E-state index >= 15 is 0 Å². The van der Waals surface area contributed by atoms with Crippen molar-refractivity contribution in [2.75, 3.05) is 6.54 Å². The monoisotopic (exact) mass is 348 g/mol. The third-order valence-corrected chi connectivity index (χ3v) is 3.87. The molecular weight excluding hydrogens is 320 g/mol. The predicted octanol–water partition coefficient (Wildman–Crippen LogP) is 2.16. The second kappa shape index (κ2) is 9.81. The maximum Gasteiger partial charge on any atom is 0.326 e.